The average molecular weight is 288 g/mol. The fraction of sp³-hybridized carbons (Fsp3) is 0.526. The van der Waals surface area contributed by atoms with Crippen molar-refractivity contribution >= 4 is 5.78 Å². The van der Waals surface area contributed by atoms with Crippen LogP contribution in [0.5, 0.6) is 0 Å². The van der Waals surface area contributed by atoms with E-state index in [1.54, 1.807) is 12.2 Å². The molecule has 1 aliphatic carbocycles. The number of aliphatic hydroxyl groups excluding tert-OH is 1. The number of carbonyl (C=O) groups excluding carboxylic acids is 1. The first kappa shape index (κ1) is 17.5. The molecule has 1 atom stereocenters. The Bertz CT molecular complexity index is 503. The normalized spacial score (nSPS) is 23.3. The summed E-state index contributed by atoms with van der Waals surface area (Å²) in [5.41, 5.74) is 1.89. The fourth-order valence-electron chi connectivity index (χ4n) is 2.53. The maximum atomic E-state index is 12.8. The lowest BCUT2D eigenvalue weighted by atomic mass is 9.66. The van der Waals surface area contributed by atoms with E-state index in [0.717, 1.165) is 18.3 Å². The number of hydrogen-bond donors (Lipinski definition) is 1. The summed E-state index contributed by atoms with van der Waals surface area (Å²) in [6.45, 7) is 12.6. The SMILES string of the molecule is CC(C)(C)C1=C/C(=C/C=C/C=C\O)CC(C(C)(C)C)C1=O. The lowest BCUT2D eigenvalue weighted by Crippen LogP contribution is -2.36. The number of ketones is 1. The smallest absolute Gasteiger partial charge is 0.163 e. The molecule has 0 fully saturated rings. The molecule has 0 saturated carbocycles. The van der Waals surface area contributed by atoms with E-state index < -0.39 is 0 Å². The molecule has 0 saturated heterocycles. The third kappa shape index (κ3) is 4.73. The Hall–Kier alpha value is -1.57. The van der Waals surface area contributed by atoms with Crippen molar-refractivity contribution in [2.75, 3.05) is 0 Å². The molecule has 2 heteroatoms. The molecule has 0 amide bonds. The minimum absolute atomic E-state index is 0.0183. The Morgan fingerprint density at radius 1 is 1.10 bits per heavy atom. The quantitative estimate of drug-likeness (QED) is 0.563. The molecule has 0 aromatic heterocycles. The van der Waals surface area contributed by atoms with Gasteiger partial charge in [0.05, 0.1) is 6.26 Å². The van der Waals surface area contributed by atoms with Gasteiger partial charge < -0.3 is 5.11 Å². The van der Waals surface area contributed by atoms with Crippen LogP contribution in [0.25, 0.3) is 0 Å². The highest BCUT2D eigenvalue weighted by molar-refractivity contribution is 6.00. The van der Waals surface area contributed by atoms with Crippen LogP contribution in [0.15, 0.2) is 47.8 Å². The van der Waals surface area contributed by atoms with Crippen LogP contribution in [-0.4, -0.2) is 10.9 Å². The summed E-state index contributed by atoms with van der Waals surface area (Å²) in [5, 5.41) is 8.63. The molecule has 0 aromatic carbocycles. The molecule has 0 aromatic rings. The van der Waals surface area contributed by atoms with E-state index in [1.165, 1.54) is 5.57 Å². The molecule has 0 heterocycles. The zero-order chi connectivity index (χ0) is 16.3. The molecule has 0 radical (unpaired) electrons. The monoisotopic (exact) mass is 288 g/mol. The Kier molecular flexibility index (Phi) is 5.38. The topological polar surface area (TPSA) is 37.3 Å². The molecule has 1 N–H and O–H groups in total. The summed E-state index contributed by atoms with van der Waals surface area (Å²) >= 11 is 0. The van der Waals surface area contributed by atoms with Gasteiger partial charge in [-0.15, -0.1) is 0 Å². The van der Waals surface area contributed by atoms with Crippen LogP contribution in [0.3, 0.4) is 0 Å². The lowest BCUT2D eigenvalue weighted by Gasteiger charge is -2.37. The Morgan fingerprint density at radius 2 is 1.71 bits per heavy atom. The molecular formula is C19H28O2. The molecule has 0 bridgehead atoms. The first-order valence-electron chi connectivity index (χ1n) is 7.50. The third-order valence-corrected chi connectivity index (χ3v) is 3.82. The number of Topliss-reactive ketones (excluding diaryl/α,β-unsaturated/α-hetero) is 1. The van der Waals surface area contributed by atoms with Gasteiger partial charge in [0, 0.05) is 11.5 Å². The Labute approximate surface area is 128 Å². The molecular weight excluding hydrogens is 260 g/mol. The highest BCUT2D eigenvalue weighted by Gasteiger charge is 2.39. The predicted octanol–water partition coefficient (Wildman–Crippen LogP) is 5.15. The van der Waals surface area contributed by atoms with E-state index in [0.29, 0.717) is 0 Å². The van der Waals surface area contributed by atoms with Crippen LogP contribution in [-0.2, 0) is 4.79 Å². The summed E-state index contributed by atoms with van der Waals surface area (Å²) in [6.07, 6.45) is 11.1. The van der Waals surface area contributed by atoms with Crippen LogP contribution in [0.2, 0.25) is 0 Å². The van der Waals surface area contributed by atoms with Gasteiger partial charge in [-0.1, -0.05) is 65.8 Å². The van der Waals surface area contributed by atoms with Crippen molar-refractivity contribution < 1.29 is 9.90 Å². The summed E-state index contributed by atoms with van der Waals surface area (Å²) in [4.78, 5) is 12.8. The maximum absolute atomic E-state index is 12.8. The van der Waals surface area contributed by atoms with Gasteiger partial charge in [0.1, 0.15) is 0 Å². The zero-order valence-electron chi connectivity index (χ0n) is 14.1. The molecule has 0 spiro atoms. The van der Waals surface area contributed by atoms with Gasteiger partial charge >= 0.3 is 0 Å². The molecule has 2 nitrogen and oxygen atoms in total. The first-order chi connectivity index (χ1) is 9.57. The lowest BCUT2D eigenvalue weighted by molar-refractivity contribution is -0.123. The van der Waals surface area contributed by atoms with Gasteiger partial charge in [-0.3, -0.25) is 4.79 Å². The molecule has 0 aliphatic heterocycles. The van der Waals surface area contributed by atoms with Crippen molar-refractivity contribution in [2.45, 2.75) is 48.0 Å². The number of rotatable bonds is 2. The number of hydrogen-bond acceptors (Lipinski definition) is 2. The van der Waals surface area contributed by atoms with E-state index in [1.807, 2.05) is 18.2 Å². The molecule has 21 heavy (non-hydrogen) atoms. The Morgan fingerprint density at radius 3 is 2.19 bits per heavy atom. The van der Waals surface area contributed by atoms with E-state index in [4.69, 9.17) is 5.11 Å². The summed E-state index contributed by atoms with van der Waals surface area (Å²) in [5.74, 6) is 0.302. The zero-order valence-corrected chi connectivity index (χ0v) is 14.1. The number of allylic oxidation sites excluding steroid dienone is 7. The minimum atomic E-state index is -0.144. The van der Waals surface area contributed by atoms with Gasteiger partial charge in [-0.05, 0) is 28.9 Å². The van der Waals surface area contributed by atoms with E-state index in [-0.39, 0.29) is 22.5 Å². The highest BCUT2D eigenvalue weighted by atomic mass is 16.2. The van der Waals surface area contributed by atoms with Crippen LogP contribution in [0.1, 0.15) is 48.0 Å². The van der Waals surface area contributed by atoms with Crippen molar-refractivity contribution in [3.8, 4) is 0 Å². The van der Waals surface area contributed by atoms with Gasteiger partial charge in [-0.25, -0.2) is 0 Å². The van der Waals surface area contributed by atoms with E-state index in [9.17, 15) is 4.79 Å². The second-order valence-electron chi connectivity index (χ2n) is 7.76. The number of carbonyl (C=O) groups is 1. The molecule has 1 unspecified atom stereocenters. The van der Waals surface area contributed by atoms with E-state index >= 15 is 0 Å². The molecule has 1 aliphatic rings. The fourth-order valence-corrected chi connectivity index (χ4v) is 2.53. The summed E-state index contributed by atoms with van der Waals surface area (Å²) < 4.78 is 0. The molecule has 1 rings (SSSR count). The van der Waals surface area contributed by atoms with Gasteiger partial charge in [0.25, 0.3) is 0 Å². The maximum Gasteiger partial charge on any atom is 0.163 e. The minimum Gasteiger partial charge on any atom is -0.516 e. The highest BCUT2D eigenvalue weighted by Crippen LogP contribution is 2.42. The largest absolute Gasteiger partial charge is 0.516 e. The second-order valence-corrected chi connectivity index (χ2v) is 7.76. The standard InChI is InChI=1S/C19H28O2/c1-18(2,3)15-12-14(10-8-7-9-11-20)13-16(17(15)21)19(4,5)6/h7-12,16,20H,13H2,1-6H3/b8-7+,11-9-,14-10-. The summed E-state index contributed by atoms with van der Waals surface area (Å²) in [7, 11) is 0. The van der Waals surface area contributed by atoms with E-state index in [2.05, 4.69) is 41.5 Å². The van der Waals surface area contributed by atoms with Crippen LogP contribution >= 0.6 is 0 Å². The van der Waals surface area contributed by atoms with Crippen molar-refractivity contribution in [3.63, 3.8) is 0 Å². The predicted molar refractivity (Wildman–Crippen MR) is 89.1 cm³/mol. The van der Waals surface area contributed by atoms with Crippen LogP contribution in [0, 0.1) is 16.7 Å². The summed E-state index contributed by atoms with van der Waals surface area (Å²) in [6, 6.07) is 0. The second kappa shape index (κ2) is 6.46. The van der Waals surface area contributed by atoms with Gasteiger partial charge in [-0.2, -0.15) is 0 Å². The van der Waals surface area contributed by atoms with Crippen LogP contribution in [0.4, 0.5) is 0 Å². The van der Waals surface area contributed by atoms with Crippen LogP contribution < -0.4 is 0 Å². The molecule has 116 valence electrons. The third-order valence-electron chi connectivity index (χ3n) is 3.82. The van der Waals surface area contributed by atoms with Crippen molar-refractivity contribution in [3.05, 3.63) is 47.8 Å². The Balaban J connectivity index is 3.22. The average Bonchev–Trinajstić information content (AvgIpc) is 2.33. The van der Waals surface area contributed by atoms with Crippen molar-refractivity contribution in [1.29, 1.82) is 0 Å². The van der Waals surface area contributed by atoms with Crippen molar-refractivity contribution in [2.24, 2.45) is 16.7 Å². The van der Waals surface area contributed by atoms with Gasteiger partial charge in [0.15, 0.2) is 5.78 Å². The number of aliphatic hydroxyl groups is 1. The van der Waals surface area contributed by atoms with Gasteiger partial charge in [0.2, 0.25) is 0 Å². The first-order valence-corrected chi connectivity index (χ1v) is 7.50. The van der Waals surface area contributed by atoms with Crippen molar-refractivity contribution in [1.82, 2.24) is 0 Å².